The van der Waals surface area contributed by atoms with Crippen LogP contribution in [-0.2, 0) is 4.79 Å². The van der Waals surface area contributed by atoms with Gasteiger partial charge in [0.05, 0.1) is 5.71 Å². The molecule has 0 aromatic rings. The van der Waals surface area contributed by atoms with Crippen LogP contribution in [0.25, 0.3) is 0 Å². The third-order valence-electron chi connectivity index (χ3n) is 2.06. The molecule has 1 N–H and O–H groups in total. The quantitative estimate of drug-likeness (QED) is 0.659. The molecule has 0 fully saturated rings. The average molecular weight is 214 g/mol. The smallest absolute Gasteiger partial charge is 0.334 e. The largest absolute Gasteiger partial charge is 0.479 e. The Labute approximate surface area is 85.7 Å². The van der Waals surface area contributed by atoms with Crippen molar-refractivity contribution < 1.29 is 9.90 Å². The van der Waals surface area contributed by atoms with E-state index in [0.29, 0.717) is 11.5 Å². The number of fused-ring (bicyclic) bond motifs is 1. The molecule has 0 aromatic heterocycles. The zero-order chi connectivity index (χ0) is 10.3. The van der Waals surface area contributed by atoms with E-state index in [4.69, 9.17) is 16.9 Å². The molecule has 0 aromatic carbocycles. The maximum atomic E-state index is 11.0. The molecule has 0 bridgehead atoms. The van der Waals surface area contributed by atoms with Crippen LogP contribution in [0.1, 0.15) is 6.92 Å². The fourth-order valence-electron chi connectivity index (χ4n) is 1.48. The van der Waals surface area contributed by atoms with Crippen LogP contribution < -0.4 is 0 Å². The summed E-state index contributed by atoms with van der Waals surface area (Å²) < 4.78 is 1.20. The molecule has 14 heavy (non-hydrogen) atoms. The van der Waals surface area contributed by atoms with Gasteiger partial charge in [0.15, 0.2) is 6.04 Å². The monoisotopic (exact) mass is 213 g/mol. The van der Waals surface area contributed by atoms with Crippen LogP contribution in [0.3, 0.4) is 0 Å². The predicted molar refractivity (Wildman–Crippen MR) is 51.3 cm³/mol. The fraction of sp³-hybridized carbons (Fsp3) is 0.250. The molecule has 1 atom stereocenters. The average Bonchev–Trinajstić information content (AvgIpc) is 2.42. The van der Waals surface area contributed by atoms with E-state index in [9.17, 15) is 4.79 Å². The van der Waals surface area contributed by atoms with E-state index in [-0.39, 0.29) is 0 Å². The van der Waals surface area contributed by atoms with E-state index in [1.807, 2.05) is 0 Å². The number of carboxylic acids is 1. The standard InChI is InChI=1S/C8H8ClN3O2/c1-5-7(8(13)14)12-6(10-5)3-2-4-11(12)9/h2-4,7H,1H3,(H,13,14). The molecule has 1 unspecified atom stereocenters. The van der Waals surface area contributed by atoms with Gasteiger partial charge in [0.1, 0.15) is 5.82 Å². The van der Waals surface area contributed by atoms with Crippen molar-refractivity contribution >= 4 is 23.5 Å². The number of aliphatic carboxylic acids is 1. The van der Waals surface area contributed by atoms with Crippen molar-refractivity contribution in [3.63, 3.8) is 0 Å². The highest BCUT2D eigenvalue weighted by atomic mass is 35.5. The maximum absolute atomic E-state index is 11.0. The summed E-state index contributed by atoms with van der Waals surface area (Å²) in [6.45, 7) is 1.67. The summed E-state index contributed by atoms with van der Waals surface area (Å²) in [4.78, 5) is 15.1. The topological polar surface area (TPSA) is 56.1 Å². The van der Waals surface area contributed by atoms with E-state index in [0.717, 1.165) is 0 Å². The molecule has 2 rings (SSSR count). The molecule has 0 aliphatic carbocycles. The number of nitrogens with zero attached hydrogens (tertiary/aromatic N) is 3. The number of hydrazine groups is 1. The first-order valence-electron chi connectivity index (χ1n) is 4.02. The summed E-state index contributed by atoms with van der Waals surface area (Å²) >= 11 is 5.82. The minimum absolute atomic E-state index is 0.526. The Bertz CT molecular complexity index is 375. The van der Waals surface area contributed by atoms with E-state index >= 15 is 0 Å². The highest BCUT2D eigenvalue weighted by molar-refractivity contribution is 6.15. The Hall–Kier alpha value is -1.49. The van der Waals surface area contributed by atoms with Gasteiger partial charge in [0, 0.05) is 18.0 Å². The van der Waals surface area contributed by atoms with Crippen LogP contribution in [0.15, 0.2) is 29.2 Å². The summed E-state index contributed by atoms with van der Waals surface area (Å²) in [6, 6.07) is -0.802. The van der Waals surface area contributed by atoms with Gasteiger partial charge >= 0.3 is 5.97 Å². The summed E-state index contributed by atoms with van der Waals surface area (Å²) in [5.41, 5.74) is 0.526. The molecule has 0 saturated heterocycles. The molecule has 2 aliphatic rings. The lowest BCUT2D eigenvalue weighted by molar-refractivity contribution is -0.141. The third kappa shape index (κ3) is 1.17. The number of carboxylic acid groups (broad SMARTS) is 1. The van der Waals surface area contributed by atoms with Crippen LogP contribution >= 0.6 is 11.8 Å². The van der Waals surface area contributed by atoms with Crippen LogP contribution in [0.2, 0.25) is 0 Å². The van der Waals surface area contributed by atoms with Gasteiger partial charge in [-0.2, -0.15) is 4.53 Å². The SMILES string of the molecule is CC1=NC2=CC=CN(Cl)N2C1C(=O)O. The number of halogens is 1. The number of hydrogen-bond donors (Lipinski definition) is 1. The molecule has 2 heterocycles. The molecule has 0 amide bonds. The first-order chi connectivity index (χ1) is 6.61. The zero-order valence-corrected chi connectivity index (χ0v) is 8.14. The Balaban J connectivity index is 2.40. The zero-order valence-electron chi connectivity index (χ0n) is 7.38. The van der Waals surface area contributed by atoms with Crippen molar-refractivity contribution in [3.8, 4) is 0 Å². The van der Waals surface area contributed by atoms with E-state index in [1.54, 1.807) is 25.3 Å². The molecule has 2 aliphatic heterocycles. The van der Waals surface area contributed by atoms with Crippen LogP contribution in [0, 0.1) is 0 Å². The van der Waals surface area contributed by atoms with Gasteiger partial charge in [0.2, 0.25) is 0 Å². The van der Waals surface area contributed by atoms with Gasteiger partial charge in [-0.15, -0.1) is 0 Å². The molecule has 0 radical (unpaired) electrons. The van der Waals surface area contributed by atoms with Gasteiger partial charge in [-0.3, -0.25) is 0 Å². The molecular weight excluding hydrogens is 206 g/mol. The Morgan fingerprint density at radius 2 is 2.43 bits per heavy atom. The highest BCUT2D eigenvalue weighted by Gasteiger charge is 2.38. The number of rotatable bonds is 1. The first-order valence-corrected chi connectivity index (χ1v) is 4.35. The van der Waals surface area contributed by atoms with Crippen molar-refractivity contribution in [2.45, 2.75) is 13.0 Å². The van der Waals surface area contributed by atoms with Crippen LogP contribution in [0.4, 0.5) is 0 Å². The Morgan fingerprint density at radius 1 is 1.71 bits per heavy atom. The maximum Gasteiger partial charge on any atom is 0.334 e. The summed E-state index contributed by atoms with van der Waals surface area (Å²) in [6.07, 6.45) is 4.99. The van der Waals surface area contributed by atoms with E-state index < -0.39 is 12.0 Å². The lowest BCUT2D eigenvalue weighted by Crippen LogP contribution is -2.45. The summed E-state index contributed by atoms with van der Waals surface area (Å²) in [5, 5.41) is 10.4. The van der Waals surface area contributed by atoms with Crippen LogP contribution in [0.5, 0.6) is 0 Å². The van der Waals surface area contributed by atoms with Gasteiger partial charge in [-0.25, -0.2) is 14.8 Å². The van der Waals surface area contributed by atoms with Crippen molar-refractivity contribution in [1.82, 2.24) is 9.54 Å². The second-order valence-electron chi connectivity index (χ2n) is 2.99. The molecular formula is C8H8ClN3O2. The van der Waals surface area contributed by atoms with Gasteiger partial charge in [-0.1, -0.05) is 0 Å². The Kier molecular flexibility index (Phi) is 1.96. The van der Waals surface area contributed by atoms with Crippen molar-refractivity contribution in [2.24, 2.45) is 4.99 Å². The summed E-state index contributed by atoms with van der Waals surface area (Å²) in [5.74, 6) is -0.414. The van der Waals surface area contributed by atoms with Gasteiger partial charge in [0.25, 0.3) is 0 Å². The molecule has 0 saturated carbocycles. The normalized spacial score (nSPS) is 24.6. The predicted octanol–water partition coefficient (Wildman–Crippen LogP) is 0.956. The number of aliphatic imine (C=N–C) groups is 1. The third-order valence-corrected chi connectivity index (χ3v) is 2.34. The molecule has 0 spiro atoms. The van der Waals surface area contributed by atoms with E-state index in [2.05, 4.69) is 4.99 Å². The second kappa shape index (κ2) is 3.02. The minimum atomic E-state index is -0.962. The highest BCUT2D eigenvalue weighted by Crippen LogP contribution is 2.27. The number of hydrogen-bond acceptors (Lipinski definition) is 4. The Morgan fingerprint density at radius 3 is 3.07 bits per heavy atom. The van der Waals surface area contributed by atoms with Gasteiger partial charge in [-0.05, 0) is 19.1 Å². The lowest BCUT2D eigenvalue weighted by atomic mass is 10.2. The number of allylic oxidation sites excluding steroid dienone is 2. The molecule has 6 heteroatoms. The van der Waals surface area contributed by atoms with Gasteiger partial charge < -0.3 is 5.11 Å². The van der Waals surface area contributed by atoms with Crippen LogP contribution in [-0.4, -0.2) is 32.4 Å². The van der Waals surface area contributed by atoms with Crippen molar-refractivity contribution in [3.05, 3.63) is 24.2 Å². The summed E-state index contributed by atoms with van der Waals surface area (Å²) in [7, 11) is 0. The lowest BCUT2D eigenvalue weighted by Gasteiger charge is -2.31. The minimum Gasteiger partial charge on any atom is -0.479 e. The van der Waals surface area contributed by atoms with Crippen molar-refractivity contribution in [2.75, 3.05) is 0 Å². The molecule has 5 nitrogen and oxygen atoms in total. The number of carbonyl (C=O) groups is 1. The second-order valence-corrected chi connectivity index (χ2v) is 3.34. The molecule has 74 valence electrons. The first kappa shape index (κ1) is 9.08. The fourth-order valence-corrected chi connectivity index (χ4v) is 1.71. The van der Waals surface area contributed by atoms with E-state index in [1.165, 1.54) is 9.54 Å². The van der Waals surface area contributed by atoms with Crippen molar-refractivity contribution in [1.29, 1.82) is 0 Å².